The predicted octanol–water partition coefficient (Wildman–Crippen LogP) is 3.97. The molecule has 3 aromatic heterocycles. The molecule has 6 nitrogen and oxygen atoms in total. The van der Waals surface area contributed by atoms with E-state index in [-0.39, 0.29) is 5.91 Å². The first-order chi connectivity index (χ1) is 11.1. The van der Waals surface area contributed by atoms with Gasteiger partial charge in [-0.05, 0) is 30.5 Å². The summed E-state index contributed by atoms with van der Waals surface area (Å²) in [5, 5.41) is 13.0. The van der Waals surface area contributed by atoms with Crippen molar-refractivity contribution >= 4 is 46.4 Å². The van der Waals surface area contributed by atoms with E-state index in [2.05, 4.69) is 20.5 Å². The topological polar surface area (TPSA) is 80.9 Å². The highest BCUT2D eigenvalue weighted by Crippen LogP contribution is 2.28. The SMILES string of the molecule is C[C@H](Sc1nnc(-c2cccs2)o1)C(=O)Nc1ccc(Cl)cn1. The third-order valence-electron chi connectivity index (χ3n) is 2.76. The summed E-state index contributed by atoms with van der Waals surface area (Å²) in [6.45, 7) is 1.75. The second-order valence-electron chi connectivity index (χ2n) is 4.46. The molecule has 0 spiro atoms. The van der Waals surface area contributed by atoms with Gasteiger partial charge in [0.1, 0.15) is 5.82 Å². The number of nitrogens with one attached hydrogen (secondary N) is 1. The summed E-state index contributed by atoms with van der Waals surface area (Å²) < 4.78 is 5.55. The van der Waals surface area contributed by atoms with E-state index in [4.69, 9.17) is 16.0 Å². The maximum atomic E-state index is 12.1. The molecule has 0 saturated heterocycles. The van der Waals surface area contributed by atoms with Crippen LogP contribution in [0.2, 0.25) is 5.02 Å². The van der Waals surface area contributed by atoms with Gasteiger partial charge in [0, 0.05) is 6.20 Å². The summed E-state index contributed by atoms with van der Waals surface area (Å²) in [5.74, 6) is 0.687. The summed E-state index contributed by atoms with van der Waals surface area (Å²) in [6.07, 6.45) is 1.47. The van der Waals surface area contributed by atoms with Gasteiger partial charge < -0.3 is 9.73 Å². The van der Waals surface area contributed by atoms with Crippen molar-refractivity contribution in [3.63, 3.8) is 0 Å². The van der Waals surface area contributed by atoms with Gasteiger partial charge in [-0.3, -0.25) is 4.79 Å². The molecule has 0 aliphatic heterocycles. The largest absolute Gasteiger partial charge is 0.410 e. The first kappa shape index (κ1) is 16.0. The fraction of sp³-hybridized carbons (Fsp3) is 0.143. The van der Waals surface area contributed by atoms with Crippen molar-refractivity contribution in [1.29, 1.82) is 0 Å². The maximum Gasteiger partial charge on any atom is 0.277 e. The molecule has 0 bridgehead atoms. The van der Waals surface area contributed by atoms with E-state index >= 15 is 0 Å². The van der Waals surface area contributed by atoms with Gasteiger partial charge in [0.25, 0.3) is 11.1 Å². The number of hydrogen-bond acceptors (Lipinski definition) is 7. The standard InChI is InChI=1S/C14H11ClN4O2S2/c1-8(12(20)17-11-5-4-9(15)7-16-11)23-14-19-18-13(21-14)10-3-2-6-22-10/h2-8H,1H3,(H,16,17,20)/t8-/m0/s1. The summed E-state index contributed by atoms with van der Waals surface area (Å²) >= 11 is 8.46. The Bertz CT molecular complexity index is 789. The zero-order valence-corrected chi connectivity index (χ0v) is 14.3. The second-order valence-corrected chi connectivity index (χ2v) is 7.14. The smallest absolute Gasteiger partial charge is 0.277 e. The van der Waals surface area contributed by atoms with Crippen molar-refractivity contribution in [3.8, 4) is 10.8 Å². The Morgan fingerprint density at radius 2 is 2.26 bits per heavy atom. The van der Waals surface area contributed by atoms with Crippen molar-refractivity contribution in [1.82, 2.24) is 15.2 Å². The van der Waals surface area contributed by atoms with Crippen LogP contribution in [0.3, 0.4) is 0 Å². The summed E-state index contributed by atoms with van der Waals surface area (Å²) in [4.78, 5) is 17.1. The normalized spacial score (nSPS) is 12.1. The molecule has 3 rings (SSSR count). The highest BCUT2D eigenvalue weighted by molar-refractivity contribution is 8.00. The molecule has 0 fully saturated rings. The van der Waals surface area contributed by atoms with Gasteiger partial charge in [-0.1, -0.05) is 29.4 Å². The monoisotopic (exact) mass is 366 g/mol. The lowest BCUT2D eigenvalue weighted by atomic mass is 10.4. The number of pyridine rings is 1. The molecular weight excluding hydrogens is 356 g/mol. The van der Waals surface area contributed by atoms with Crippen LogP contribution >= 0.6 is 34.7 Å². The number of carbonyl (C=O) groups excluding carboxylic acids is 1. The van der Waals surface area contributed by atoms with Crippen LogP contribution in [0.25, 0.3) is 10.8 Å². The van der Waals surface area contributed by atoms with E-state index in [0.717, 1.165) is 4.88 Å². The number of amides is 1. The maximum absolute atomic E-state index is 12.1. The Kier molecular flexibility index (Phi) is 4.94. The Hall–Kier alpha value is -1.90. The number of thioether (sulfide) groups is 1. The molecule has 9 heteroatoms. The Labute approximate surface area is 145 Å². The Balaban J connectivity index is 1.61. The molecular formula is C14H11ClN4O2S2. The molecule has 0 aliphatic carbocycles. The average Bonchev–Trinajstić information content (AvgIpc) is 3.20. The first-order valence-corrected chi connectivity index (χ1v) is 8.72. The molecule has 0 unspecified atom stereocenters. The predicted molar refractivity (Wildman–Crippen MR) is 90.8 cm³/mol. The molecule has 1 atom stereocenters. The molecule has 0 radical (unpaired) electrons. The summed E-state index contributed by atoms with van der Waals surface area (Å²) in [5.41, 5.74) is 0. The molecule has 3 aromatic rings. The minimum atomic E-state index is -0.413. The van der Waals surface area contributed by atoms with E-state index in [1.54, 1.807) is 19.1 Å². The van der Waals surface area contributed by atoms with Crippen LogP contribution in [0.1, 0.15) is 6.92 Å². The van der Waals surface area contributed by atoms with Gasteiger partial charge >= 0.3 is 0 Å². The van der Waals surface area contributed by atoms with Crippen molar-refractivity contribution in [2.24, 2.45) is 0 Å². The molecule has 23 heavy (non-hydrogen) atoms. The average molecular weight is 367 g/mol. The van der Waals surface area contributed by atoms with Crippen molar-refractivity contribution in [3.05, 3.63) is 40.9 Å². The van der Waals surface area contributed by atoms with E-state index in [9.17, 15) is 4.79 Å². The van der Waals surface area contributed by atoms with Crippen LogP contribution in [0.4, 0.5) is 5.82 Å². The fourth-order valence-electron chi connectivity index (χ4n) is 1.64. The van der Waals surface area contributed by atoms with Gasteiger partial charge in [0.05, 0.1) is 15.1 Å². The number of carbonyl (C=O) groups is 1. The van der Waals surface area contributed by atoms with Gasteiger partial charge in [-0.15, -0.1) is 21.5 Å². The first-order valence-electron chi connectivity index (χ1n) is 6.58. The van der Waals surface area contributed by atoms with Crippen LogP contribution < -0.4 is 5.32 Å². The van der Waals surface area contributed by atoms with Gasteiger partial charge in [0.2, 0.25) is 5.91 Å². The number of anilines is 1. The van der Waals surface area contributed by atoms with Crippen LogP contribution in [-0.4, -0.2) is 26.3 Å². The summed E-state index contributed by atoms with van der Waals surface area (Å²) in [6, 6.07) is 7.10. The van der Waals surface area contributed by atoms with E-state index in [1.807, 2.05) is 17.5 Å². The number of thiophene rings is 1. The van der Waals surface area contributed by atoms with Crippen LogP contribution in [0, 0.1) is 0 Å². The lowest BCUT2D eigenvalue weighted by molar-refractivity contribution is -0.115. The van der Waals surface area contributed by atoms with Crippen molar-refractivity contribution in [2.75, 3.05) is 5.32 Å². The highest BCUT2D eigenvalue weighted by Gasteiger charge is 2.19. The molecule has 1 N–H and O–H groups in total. The van der Waals surface area contributed by atoms with Gasteiger partial charge in [-0.25, -0.2) is 4.98 Å². The molecule has 0 aliphatic rings. The molecule has 118 valence electrons. The Morgan fingerprint density at radius 1 is 1.39 bits per heavy atom. The number of hydrogen-bond donors (Lipinski definition) is 1. The molecule has 1 amide bonds. The van der Waals surface area contributed by atoms with Crippen LogP contribution in [0.15, 0.2) is 45.5 Å². The molecule has 0 aromatic carbocycles. The third kappa shape index (κ3) is 4.10. The zero-order valence-electron chi connectivity index (χ0n) is 11.9. The lowest BCUT2D eigenvalue weighted by Gasteiger charge is -2.08. The van der Waals surface area contributed by atoms with Crippen molar-refractivity contribution in [2.45, 2.75) is 17.4 Å². The number of rotatable bonds is 5. The third-order valence-corrected chi connectivity index (χ3v) is 4.78. The quantitative estimate of drug-likeness (QED) is 0.688. The fourth-order valence-corrected chi connectivity index (χ4v) is 3.08. The molecule has 3 heterocycles. The minimum absolute atomic E-state index is 0.208. The van der Waals surface area contributed by atoms with E-state index in [0.29, 0.717) is 22.0 Å². The lowest BCUT2D eigenvalue weighted by Crippen LogP contribution is -2.22. The van der Waals surface area contributed by atoms with E-state index < -0.39 is 5.25 Å². The number of aromatic nitrogens is 3. The van der Waals surface area contributed by atoms with Crippen LogP contribution in [0.5, 0.6) is 0 Å². The van der Waals surface area contributed by atoms with E-state index in [1.165, 1.54) is 29.3 Å². The highest BCUT2D eigenvalue weighted by atomic mass is 35.5. The van der Waals surface area contributed by atoms with Gasteiger partial charge in [0.15, 0.2) is 0 Å². The zero-order chi connectivity index (χ0) is 16.2. The minimum Gasteiger partial charge on any atom is -0.410 e. The van der Waals surface area contributed by atoms with Gasteiger partial charge in [-0.2, -0.15) is 0 Å². The molecule has 0 saturated carbocycles. The second kappa shape index (κ2) is 7.12. The van der Waals surface area contributed by atoms with Crippen LogP contribution in [-0.2, 0) is 4.79 Å². The van der Waals surface area contributed by atoms with Crippen molar-refractivity contribution < 1.29 is 9.21 Å². The number of halogens is 1. The Morgan fingerprint density at radius 3 is 2.96 bits per heavy atom. The summed E-state index contributed by atoms with van der Waals surface area (Å²) in [7, 11) is 0. The number of nitrogens with zero attached hydrogens (tertiary/aromatic N) is 3.